The Bertz CT molecular complexity index is 369. The van der Waals surface area contributed by atoms with E-state index < -0.39 is 0 Å². The van der Waals surface area contributed by atoms with Gasteiger partial charge in [0.05, 0.1) is 27.2 Å². The monoisotopic (exact) mass is 272 g/mol. The van der Waals surface area contributed by atoms with Gasteiger partial charge >= 0.3 is 0 Å². The number of halogens is 1. The molecule has 0 aliphatic heterocycles. The summed E-state index contributed by atoms with van der Waals surface area (Å²) in [6.07, 6.45) is 0. The van der Waals surface area contributed by atoms with E-state index in [4.69, 9.17) is 23.8 Å². The second kappa shape index (κ2) is 7.48. The standard InChI is InChI=1S/C12H18ClN3S/c1-16(2)7-6-14-12(17)15-9-10-4-3-5-11(13)8-10/h3-5,8H,6-7,9H2,1-2H3,(H2,14,15,17)/p+1. The summed E-state index contributed by atoms with van der Waals surface area (Å²) in [6, 6.07) is 7.75. The van der Waals surface area contributed by atoms with E-state index in [1.165, 1.54) is 4.90 Å². The lowest BCUT2D eigenvalue weighted by atomic mass is 10.2. The van der Waals surface area contributed by atoms with Gasteiger partial charge in [0.2, 0.25) is 0 Å². The highest BCUT2D eigenvalue weighted by Gasteiger charge is 1.98. The minimum atomic E-state index is 0.686. The van der Waals surface area contributed by atoms with Crippen molar-refractivity contribution in [2.45, 2.75) is 6.54 Å². The van der Waals surface area contributed by atoms with Gasteiger partial charge in [-0.15, -0.1) is 0 Å². The molecule has 94 valence electrons. The fourth-order valence-electron chi connectivity index (χ4n) is 1.32. The van der Waals surface area contributed by atoms with Gasteiger partial charge < -0.3 is 15.5 Å². The van der Waals surface area contributed by atoms with Crippen LogP contribution in [0.2, 0.25) is 5.02 Å². The van der Waals surface area contributed by atoms with Crippen LogP contribution in [0.25, 0.3) is 0 Å². The maximum Gasteiger partial charge on any atom is 0.166 e. The molecule has 0 atom stereocenters. The van der Waals surface area contributed by atoms with Crippen LogP contribution in [0.5, 0.6) is 0 Å². The number of quaternary nitrogens is 1. The summed E-state index contributed by atoms with van der Waals surface area (Å²) in [4.78, 5) is 1.40. The van der Waals surface area contributed by atoms with Crippen molar-refractivity contribution < 1.29 is 4.90 Å². The Morgan fingerprint density at radius 1 is 1.35 bits per heavy atom. The molecule has 3 nitrogen and oxygen atoms in total. The molecule has 3 N–H and O–H groups in total. The van der Waals surface area contributed by atoms with Gasteiger partial charge in [0.25, 0.3) is 0 Å². The van der Waals surface area contributed by atoms with Crippen molar-refractivity contribution in [3.63, 3.8) is 0 Å². The third-order valence-electron chi connectivity index (χ3n) is 2.25. The van der Waals surface area contributed by atoms with Crippen LogP contribution in [0.1, 0.15) is 5.56 Å². The van der Waals surface area contributed by atoms with Crippen LogP contribution in [-0.4, -0.2) is 32.3 Å². The number of thiocarbonyl (C=S) groups is 1. The lowest BCUT2D eigenvalue weighted by Crippen LogP contribution is -3.06. The van der Waals surface area contributed by atoms with Crippen LogP contribution in [-0.2, 0) is 6.54 Å². The number of nitrogens with one attached hydrogen (secondary N) is 3. The molecule has 0 heterocycles. The maximum atomic E-state index is 5.90. The van der Waals surface area contributed by atoms with Gasteiger partial charge in [-0.2, -0.15) is 0 Å². The molecule has 5 heteroatoms. The van der Waals surface area contributed by atoms with E-state index in [0.29, 0.717) is 11.7 Å². The molecule has 0 amide bonds. The Morgan fingerprint density at radius 2 is 2.12 bits per heavy atom. The highest BCUT2D eigenvalue weighted by Crippen LogP contribution is 2.09. The molecule has 1 aromatic carbocycles. The van der Waals surface area contributed by atoms with Gasteiger partial charge in [0.15, 0.2) is 5.11 Å². The first-order chi connectivity index (χ1) is 8.08. The maximum absolute atomic E-state index is 5.90. The summed E-state index contributed by atoms with van der Waals surface area (Å²) in [5.41, 5.74) is 1.12. The van der Waals surface area contributed by atoms with E-state index in [1.54, 1.807) is 0 Å². The Kier molecular flexibility index (Phi) is 6.26. The summed E-state index contributed by atoms with van der Waals surface area (Å²) in [7, 11) is 4.23. The normalized spacial score (nSPS) is 10.4. The predicted molar refractivity (Wildman–Crippen MR) is 76.6 cm³/mol. The Labute approximate surface area is 113 Å². The highest BCUT2D eigenvalue weighted by atomic mass is 35.5. The van der Waals surface area contributed by atoms with Gasteiger partial charge in [-0.3, -0.25) is 0 Å². The molecule has 0 saturated carbocycles. The third-order valence-corrected chi connectivity index (χ3v) is 2.78. The summed E-state index contributed by atoms with van der Waals surface area (Å²) in [5, 5.41) is 7.75. The number of benzene rings is 1. The second-order valence-corrected chi connectivity index (χ2v) is 5.04. The number of rotatable bonds is 5. The van der Waals surface area contributed by atoms with Crippen LogP contribution in [0, 0.1) is 0 Å². The minimum absolute atomic E-state index is 0.686. The molecular weight excluding hydrogens is 254 g/mol. The first kappa shape index (κ1) is 14.2. The van der Waals surface area contributed by atoms with Crippen LogP contribution in [0.4, 0.5) is 0 Å². The zero-order valence-electron chi connectivity index (χ0n) is 10.2. The topological polar surface area (TPSA) is 28.5 Å². The van der Waals surface area contributed by atoms with Crippen LogP contribution in [0.3, 0.4) is 0 Å². The fourth-order valence-corrected chi connectivity index (χ4v) is 1.70. The smallest absolute Gasteiger partial charge is 0.166 e. The fraction of sp³-hybridized carbons (Fsp3) is 0.417. The Hall–Kier alpha value is -0.840. The molecule has 0 fully saturated rings. The van der Waals surface area contributed by atoms with Gasteiger partial charge in [0.1, 0.15) is 0 Å². The lowest BCUT2D eigenvalue weighted by molar-refractivity contribution is -0.856. The molecule has 0 unspecified atom stereocenters. The van der Waals surface area contributed by atoms with Crippen molar-refractivity contribution in [3.8, 4) is 0 Å². The molecule has 0 bridgehead atoms. The molecule has 0 saturated heterocycles. The highest BCUT2D eigenvalue weighted by molar-refractivity contribution is 7.80. The van der Waals surface area contributed by atoms with Crippen molar-refractivity contribution in [1.82, 2.24) is 10.6 Å². The van der Waals surface area contributed by atoms with E-state index in [2.05, 4.69) is 24.7 Å². The summed E-state index contributed by atoms with van der Waals surface area (Å²) >= 11 is 11.1. The molecule has 1 aromatic rings. The molecule has 0 aromatic heterocycles. The van der Waals surface area contributed by atoms with E-state index in [-0.39, 0.29) is 0 Å². The van der Waals surface area contributed by atoms with Gasteiger partial charge in [-0.25, -0.2) is 0 Å². The summed E-state index contributed by atoms with van der Waals surface area (Å²) in [6.45, 7) is 2.61. The largest absolute Gasteiger partial charge is 0.359 e. The number of likely N-dealkylation sites (N-methyl/N-ethyl adjacent to an activating group) is 1. The summed E-state index contributed by atoms with van der Waals surface area (Å²) < 4.78 is 0. The van der Waals surface area contributed by atoms with Gasteiger partial charge in [0, 0.05) is 11.6 Å². The van der Waals surface area contributed by atoms with Gasteiger partial charge in [-0.1, -0.05) is 23.7 Å². The van der Waals surface area contributed by atoms with Crippen LogP contribution in [0.15, 0.2) is 24.3 Å². The van der Waals surface area contributed by atoms with Crippen molar-refractivity contribution in [2.75, 3.05) is 27.2 Å². The van der Waals surface area contributed by atoms with Crippen molar-refractivity contribution in [3.05, 3.63) is 34.9 Å². The van der Waals surface area contributed by atoms with E-state index in [9.17, 15) is 0 Å². The molecule has 17 heavy (non-hydrogen) atoms. The van der Waals surface area contributed by atoms with E-state index >= 15 is 0 Å². The minimum Gasteiger partial charge on any atom is -0.359 e. The molecular formula is C12H19ClN3S+. The number of hydrogen-bond donors (Lipinski definition) is 3. The quantitative estimate of drug-likeness (QED) is 0.680. The zero-order chi connectivity index (χ0) is 12.7. The Balaban J connectivity index is 2.24. The van der Waals surface area contributed by atoms with Crippen LogP contribution >= 0.6 is 23.8 Å². The summed E-state index contributed by atoms with van der Waals surface area (Å²) in [5.74, 6) is 0. The van der Waals surface area contributed by atoms with Gasteiger partial charge in [-0.05, 0) is 29.9 Å². The predicted octanol–water partition coefficient (Wildman–Crippen LogP) is 0.449. The molecule has 0 aliphatic carbocycles. The van der Waals surface area contributed by atoms with Crippen LogP contribution < -0.4 is 15.5 Å². The number of hydrogen-bond acceptors (Lipinski definition) is 1. The van der Waals surface area contributed by atoms with E-state index in [1.807, 2.05) is 24.3 Å². The SMILES string of the molecule is C[NH+](C)CCNC(=S)NCc1cccc(Cl)c1. The lowest BCUT2D eigenvalue weighted by Gasteiger charge is -2.12. The molecule has 1 rings (SSSR count). The zero-order valence-corrected chi connectivity index (χ0v) is 11.8. The average Bonchev–Trinajstić information content (AvgIpc) is 2.26. The third kappa shape index (κ3) is 6.46. The van der Waals surface area contributed by atoms with Crippen molar-refractivity contribution in [1.29, 1.82) is 0 Å². The second-order valence-electron chi connectivity index (χ2n) is 4.20. The van der Waals surface area contributed by atoms with E-state index in [0.717, 1.165) is 23.7 Å². The van der Waals surface area contributed by atoms with Crippen molar-refractivity contribution in [2.24, 2.45) is 0 Å². The molecule has 0 radical (unpaired) electrons. The molecule has 0 spiro atoms. The Morgan fingerprint density at radius 3 is 2.76 bits per heavy atom. The average molecular weight is 273 g/mol. The van der Waals surface area contributed by atoms with Crippen molar-refractivity contribution >= 4 is 28.9 Å². The molecule has 0 aliphatic rings. The first-order valence-corrected chi connectivity index (χ1v) is 6.41. The first-order valence-electron chi connectivity index (χ1n) is 5.63.